The highest BCUT2D eigenvalue weighted by Crippen LogP contribution is 2.11. The van der Waals surface area contributed by atoms with Crippen LogP contribution in [0.2, 0.25) is 0 Å². The van der Waals surface area contributed by atoms with E-state index in [0.29, 0.717) is 13.1 Å². The number of hydrogen-bond donors (Lipinski definition) is 0. The van der Waals surface area contributed by atoms with Crippen molar-refractivity contribution >= 4 is 5.91 Å². The Morgan fingerprint density at radius 3 is 2.41 bits per heavy atom. The summed E-state index contributed by atoms with van der Waals surface area (Å²) < 4.78 is 15.6. The minimum Gasteiger partial charge on any atom is -0.337 e. The molecule has 1 aliphatic heterocycles. The molecular weight excluding hydrogens is 375 g/mol. The monoisotopic (exact) mass is 394 g/mol. The molecule has 0 unspecified atom stereocenters. The lowest BCUT2D eigenvalue weighted by molar-refractivity contribution is 0.0781. The van der Waals surface area contributed by atoms with Gasteiger partial charge in [-0.3, -0.25) is 14.2 Å². The minimum absolute atomic E-state index is 0.0172. The predicted molar refractivity (Wildman–Crippen MR) is 105 cm³/mol. The number of carbonyl (C=O) groups is 1. The Labute approximate surface area is 165 Å². The highest BCUT2D eigenvalue weighted by molar-refractivity contribution is 5.92. The van der Waals surface area contributed by atoms with Crippen LogP contribution in [0.1, 0.15) is 28.9 Å². The Balaban J connectivity index is 1.90. The number of hydrogen-bond acceptors (Lipinski definition) is 4. The number of amides is 1. The van der Waals surface area contributed by atoms with Crippen molar-refractivity contribution in [3.63, 3.8) is 0 Å². The zero-order valence-corrected chi connectivity index (χ0v) is 15.6. The fraction of sp³-hybridized carbons (Fsp3) is 0.238. The largest absolute Gasteiger partial charge is 0.352 e. The van der Waals surface area contributed by atoms with Crippen LogP contribution in [0.4, 0.5) is 4.39 Å². The van der Waals surface area contributed by atoms with E-state index in [0.717, 1.165) is 33.7 Å². The molecule has 3 aromatic rings. The highest BCUT2D eigenvalue weighted by atomic mass is 19.1. The van der Waals surface area contributed by atoms with Gasteiger partial charge in [0.05, 0.1) is 12.2 Å². The zero-order valence-electron chi connectivity index (χ0n) is 15.6. The molecule has 2 heterocycles. The van der Waals surface area contributed by atoms with Crippen LogP contribution < -0.4 is 11.2 Å². The Hall–Kier alpha value is -3.55. The molecule has 0 atom stereocenters. The fourth-order valence-corrected chi connectivity index (χ4v) is 3.40. The summed E-state index contributed by atoms with van der Waals surface area (Å²) in [5, 5.41) is 4.04. The van der Waals surface area contributed by atoms with Crippen molar-refractivity contribution in [1.82, 2.24) is 19.2 Å². The molecule has 148 valence electrons. The molecule has 0 saturated carbocycles. The molecule has 1 aromatic heterocycles. The van der Waals surface area contributed by atoms with Gasteiger partial charge in [-0.1, -0.05) is 36.4 Å². The van der Waals surface area contributed by atoms with Crippen LogP contribution in [0.15, 0.2) is 64.2 Å². The number of carbonyl (C=O) groups excluding carboxylic acids is 1. The van der Waals surface area contributed by atoms with Crippen molar-refractivity contribution < 1.29 is 9.18 Å². The number of likely N-dealkylation sites (tertiary alicyclic amines) is 1. The first kappa shape index (κ1) is 18.8. The van der Waals surface area contributed by atoms with Crippen LogP contribution in [0.25, 0.3) is 5.69 Å². The van der Waals surface area contributed by atoms with Crippen LogP contribution in [0.5, 0.6) is 0 Å². The minimum atomic E-state index is -0.747. The van der Waals surface area contributed by atoms with Gasteiger partial charge >= 0.3 is 5.69 Å². The van der Waals surface area contributed by atoms with Gasteiger partial charge in [0.1, 0.15) is 5.82 Å². The second-order valence-electron chi connectivity index (χ2n) is 6.90. The van der Waals surface area contributed by atoms with Gasteiger partial charge in [0.15, 0.2) is 0 Å². The number of halogens is 1. The molecule has 1 aliphatic rings. The number of rotatable bonds is 4. The number of nitrogens with zero attached hydrogens (tertiary/aromatic N) is 4. The van der Waals surface area contributed by atoms with Gasteiger partial charge < -0.3 is 4.90 Å². The van der Waals surface area contributed by atoms with E-state index in [1.54, 1.807) is 29.2 Å². The van der Waals surface area contributed by atoms with E-state index in [-0.39, 0.29) is 17.9 Å². The highest BCUT2D eigenvalue weighted by Gasteiger charge is 2.26. The molecule has 0 radical (unpaired) electrons. The molecule has 1 fully saturated rings. The summed E-state index contributed by atoms with van der Waals surface area (Å²) in [7, 11) is 0. The second kappa shape index (κ2) is 7.83. The van der Waals surface area contributed by atoms with Crippen molar-refractivity contribution in [2.75, 3.05) is 13.1 Å². The SMILES string of the molecule is O=C(c1nn(-c2cccc(F)c2)c(=O)n(Cc2ccccc2)c1=O)N1CCCC1. The van der Waals surface area contributed by atoms with E-state index < -0.39 is 23.0 Å². The van der Waals surface area contributed by atoms with Crippen molar-refractivity contribution in [3.8, 4) is 5.69 Å². The first-order valence-electron chi connectivity index (χ1n) is 9.38. The summed E-state index contributed by atoms with van der Waals surface area (Å²) in [6, 6.07) is 14.3. The van der Waals surface area contributed by atoms with E-state index in [9.17, 15) is 18.8 Å². The van der Waals surface area contributed by atoms with Crippen LogP contribution in [-0.2, 0) is 6.54 Å². The van der Waals surface area contributed by atoms with Crippen LogP contribution >= 0.6 is 0 Å². The van der Waals surface area contributed by atoms with Crippen molar-refractivity contribution in [3.05, 3.63) is 92.5 Å². The molecule has 8 heteroatoms. The smallest absolute Gasteiger partial charge is 0.337 e. The van der Waals surface area contributed by atoms with Gasteiger partial charge in [-0.15, -0.1) is 0 Å². The normalized spacial score (nSPS) is 13.6. The molecule has 1 amide bonds. The van der Waals surface area contributed by atoms with Gasteiger partial charge in [0.2, 0.25) is 5.69 Å². The van der Waals surface area contributed by atoms with E-state index in [1.165, 1.54) is 18.2 Å². The average molecular weight is 394 g/mol. The standard InChI is InChI=1S/C21H19FN4O3/c22-16-9-6-10-17(13-16)26-21(29)25(14-15-7-2-1-3-8-15)20(28)18(23-26)19(27)24-11-4-5-12-24/h1-3,6-10,13H,4-5,11-12,14H2. The maximum atomic E-state index is 13.7. The molecule has 0 spiro atoms. The average Bonchev–Trinajstić information content (AvgIpc) is 3.26. The topological polar surface area (TPSA) is 77.2 Å². The van der Waals surface area contributed by atoms with Crippen molar-refractivity contribution in [2.45, 2.75) is 19.4 Å². The summed E-state index contributed by atoms with van der Waals surface area (Å²) in [6.45, 7) is 1.06. The molecule has 0 bridgehead atoms. The van der Waals surface area contributed by atoms with Crippen LogP contribution in [-0.4, -0.2) is 38.2 Å². The van der Waals surface area contributed by atoms with Gasteiger partial charge in [0, 0.05) is 13.1 Å². The van der Waals surface area contributed by atoms with E-state index in [1.807, 2.05) is 6.07 Å². The maximum absolute atomic E-state index is 13.7. The zero-order chi connectivity index (χ0) is 20.4. The lowest BCUT2D eigenvalue weighted by Gasteiger charge is -2.16. The van der Waals surface area contributed by atoms with Crippen LogP contribution in [0.3, 0.4) is 0 Å². The summed E-state index contributed by atoms with van der Waals surface area (Å²) in [5.74, 6) is -1.07. The van der Waals surface area contributed by atoms with E-state index >= 15 is 0 Å². The summed E-state index contributed by atoms with van der Waals surface area (Å²) >= 11 is 0. The van der Waals surface area contributed by atoms with E-state index in [2.05, 4.69) is 5.10 Å². The van der Waals surface area contributed by atoms with E-state index in [4.69, 9.17) is 0 Å². The molecule has 0 N–H and O–H groups in total. The Bertz CT molecular complexity index is 1160. The van der Waals surface area contributed by atoms with Crippen LogP contribution in [0, 0.1) is 5.82 Å². The second-order valence-corrected chi connectivity index (χ2v) is 6.90. The van der Waals surface area contributed by atoms with Gasteiger partial charge in [-0.2, -0.15) is 9.78 Å². The molecular formula is C21H19FN4O3. The number of benzene rings is 2. The fourth-order valence-electron chi connectivity index (χ4n) is 3.40. The third-order valence-corrected chi connectivity index (χ3v) is 4.89. The third-order valence-electron chi connectivity index (χ3n) is 4.89. The maximum Gasteiger partial charge on any atom is 0.352 e. The first-order valence-corrected chi connectivity index (χ1v) is 9.38. The molecule has 7 nitrogen and oxygen atoms in total. The summed E-state index contributed by atoms with van der Waals surface area (Å²) in [6.07, 6.45) is 1.71. The number of aromatic nitrogens is 3. The molecule has 1 saturated heterocycles. The molecule has 0 aliphatic carbocycles. The Morgan fingerprint density at radius 2 is 1.72 bits per heavy atom. The van der Waals surface area contributed by atoms with Gasteiger partial charge in [-0.25, -0.2) is 9.18 Å². The Kier molecular flexibility index (Phi) is 5.07. The summed E-state index contributed by atoms with van der Waals surface area (Å²) in [4.78, 5) is 40.5. The Morgan fingerprint density at radius 1 is 1.00 bits per heavy atom. The van der Waals surface area contributed by atoms with Gasteiger partial charge in [0.25, 0.3) is 11.5 Å². The molecule has 29 heavy (non-hydrogen) atoms. The lowest BCUT2D eigenvalue weighted by Crippen LogP contribution is -2.46. The quantitative estimate of drug-likeness (QED) is 0.676. The third kappa shape index (κ3) is 3.73. The van der Waals surface area contributed by atoms with Crippen molar-refractivity contribution in [1.29, 1.82) is 0 Å². The lowest BCUT2D eigenvalue weighted by atomic mass is 10.2. The molecule has 2 aromatic carbocycles. The molecule has 4 rings (SSSR count). The summed E-state index contributed by atoms with van der Waals surface area (Å²) in [5.41, 5.74) is -0.951. The predicted octanol–water partition coefficient (Wildman–Crippen LogP) is 1.82. The van der Waals surface area contributed by atoms with Gasteiger partial charge in [-0.05, 0) is 36.6 Å². The first-order chi connectivity index (χ1) is 14.0. The van der Waals surface area contributed by atoms with Crippen molar-refractivity contribution in [2.24, 2.45) is 0 Å².